The van der Waals surface area contributed by atoms with Crippen molar-refractivity contribution < 1.29 is 32.6 Å². The van der Waals surface area contributed by atoms with E-state index in [1.165, 1.54) is 0 Å². The summed E-state index contributed by atoms with van der Waals surface area (Å²) in [5.74, 6) is -1.86. The van der Waals surface area contributed by atoms with Gasteiger partial charge in [0.15, 0.2) is 6.10 Å². The third kappa shape index (κ3) is 4.09. The van der Waals surface area contributed by atoms with E-state index in [1.807, 2.05) is 0 Å². The lowest BCUT2D eigenvalue weighted by Crippen LogP contribution is -2.49. The number of carboxylic acid groups (broad SMARTS) is 1. The summed E-state index contributed by atoms with van der Waals surface area (Å²) in [6, 6.07) is -0.508. The number of rotatable bonds is 5. The van der Waals surface area contributed by atoms with Gasteiger partial charge in [-0.1, -0.05) is 0 Å². The van der Waals surface area contributed by atoms with E-state index in [2.05, 4.69) is 0 Å². The Hall–Kier alpha value is -1.31. The molecule has 1 amide bonds. The molecule has 2 fully saturated rings. The molecule has 0 aromatic carbocycles. The van der Waals surface area contributed by atoms with Crippen LogP contribution in [0.25, 0.3) is 0 Å². The van der Waals surface area contributed by atoms with Gasteiger partial charge in [-0.25, -0.2) is 4.79 Å². The number of aliphatic carboxylic acids is 1. The fourth-order valence-electron chi connectivity index (χ4n) is 2.63. The number of halogens is 3. The third-order valence-corrected chi connectivity index (χ3v) is 4.00. The first kappa shape index (κ1) is 16.1. The maximum Gasteiger partial charge on any atom is 0.406 e. The van der Waals surface area contributed by atoms with Crippen LogP contribution < -0.4 is 0 Å². The minimum Gasteiger partial charge on any atom is -0.479 e. The quantitative estimate of drug-likeness (QED) is 0.841. The second-order valence-electron chi connectivity index (χ2n) is 5.69. The Morgan fingerprint density at radius 2 is 1.81 bits per heavy atom. The highest BCUT2D eigenvalue weighted by Crippen LogP contribution is 2.37. The van der Waals surface area contributed by atoms with Gasteiger partial charge in [0.05, 0.1) is 0 Å². The average molecular weight is 309 g/mol. The van der Waals surface area contributed by atoms with Gasteiger partial charge in [-0.15, -0.1) is 0 Å². The third-order valence-electron chi connectivity index (χ3n) is 4.00. The summed E-state index contributed by atoms with van der Waals surface area (Å²) in [4.78, 5) is 23.9. The van der Waals surface area contributed by atoms with Gasteiger partial charge in [0.1, 0.15) is 12.6 Å². The highest BCUT2D eigenvalue weighted by molar-refractivity contribution is 5.83. The largest absolute Gasteiger partial charge is 0.479 e. The van der Waals surface area contributed by atoms with Gasteiger partial charge in [-0.2, -0.15) is 13.2 Å². The van der Waals surface area contributed by atoms with Gasteiger partial charge in [0.25, 0.3) is 5.91 Å². The zero-order valence-corrected chi connectivity index (χ0v) is 11.6. The summed E-state index contributed by atoms with van der Waals surface area (Å²) in [5, 5.41) is 8.82. The normalized spacial score (nSPS) is 27.4. The predicted molar refractivity (Wildman–Crippen MR) is 65.5 cm³/mol. The van der Waals surface area contributed by atoms with Crippen molar-refractivity contribution in [1.29, 1.82) is 0 Å². The Morgan fingerprint density at radius 1 is 1.24 bits per heavy atom. The number of ether oxygens (including phenoxy) is 1. The smallest absolute Gasteiger partial charge is 0.406 e. The Labute approximate surface area is 120 Å². The molecule has 0 spiro atoms. The molecular formula is C13H18F3NO4. The van der Waals surface area contributed by atoms with Gasteiger partial charge in [0, 0.05) is 6.04 Å². The van der Waals surface area contributed by atoms with Crippen molar-refractivity contribution >= 4 is 11.9 Å². The van der Waals surface area contributed by atoms with E-state index in [9.17, 15) is 22.8 Å². The molecule has 1 aliphatic heterocycles. The lowest BCUT2D eigenvalue weighted by molar-refractivity contribution is -0.174. The van der Waals surface area contributed by atoms with Crippen LogP contribution in [-0.4, -0.2) is 52.9 Å². The Bertz CT molecular complexity index is 422. The molecule has 0 aromatic heterocycles. The van der Waals surface area contributed by atoms with Crippen LogP contribution in [0.1, 0.15) is 32.6 Å². The van der Waals surface area contributed by atoms with Crippen molar-refractivity contribution in [2.24, 2.45) is 5.92 Å². The van der Waals surface area contributed by atoms with E-state index >= 15 is 0 Å². The number of carboxylic acids is 1. The van der Waals surface area contributed by atoms with Gasteiger partial charge in [-0.3, -0.25) is 4.79 Å². The van der Waals surface area contributed by atoms with Crippen molar-refractivity contribution in [3.8, 4) is 0 Å². The molecule has 1 saturated heterocycles. The molecule has 1 saturated carbocycles. The number of carbonyl (C=O) groups excluding carboxylic acids is 1. The van der Waals surface area contributed by atoms with Gasteiger partial charge in [0.2, 0.25) is 0 Å². The molecule has 1 heterocycles. The molecule has 2 rings (SSSR count). The summed E-state index contributed by atoms with van der Waals surface area (Å²) >= 11 is 0. The van der Waals surface area contributed by atoms with Gasteiger partial charge >= 0.3 is 12.1 Å². The second-order valence-corrected chi connectivity index (χ2v) is 5.69. The van der Waals surface area contributed by atoms with Crippen molar-refractivity contribution in [1.82, 2.24) is 4.90 Å². The van der Waals surface area contributed by atoms with E-state index in [4.69, 9.17) is 9.84 Å². The standard InChI is InChI=1S/C13H18F3NO4/c1-7(8-2-3-8)17(6-13(14,15)16)11(18)9-4-5-10(21-9)12(19)20/h7-10H,2-6H2,1H3,(H,19,20)/t7?,9-,10+/m0/s1. The van der Waals surface area contributed by atoms with Crippen molar-refractivity contribution in [2.45, 2.75) is 57.0 Å². The first-order chi connectivity index (χ1) is 9.69. The van der Waals surface area contributed by atoms with E-state index in [1.54, 1.807) is 6.92 Å². The molecule has 2 aliphatic rings. The van der Waals surface area contributed by atoms with Crippen LogP contribution in [0.2, 0.25) is 0 Å². The lowest BCUT2D eigenvalue weighted by Gasteiger charge is -2.32. The van der Waals surface area contributed by atoms with Gasteiger partial charge < -0.3 is 14.7 Å². The molecule has 5 nitrogen and oxygen atoms in total. The van der Waals surface area contributed by atoms with Crippen LogP contribution in [0.3, 0.4) is 0 Å². The molecule has 0 aromatic rings. The summed E-state index contributed by atoms with van der Waals surface area (Å²) in [7, 11) is 0. The zero-order chi connectivity index (χ0) is 15.8. The number of alkyl halides is 3. The second kappa shape index (κ2) is 5.82. The van der Waals surface area contributed by atoms with Crippen molar-refractivity contribution in [3.63, 3.8) is 0 Å². The number of nitrogens with zero attached hydrogens (tertiary/aromatic N) is 1. The van der Waals surface area contributed by atoms with Crippen LogP contribution in [0, 0.1) is 5.92 Å². The zero-order valence-electron chi connectivity index (χ0n) is 11.6. The molecule has 0 bridgehead atoms. The minimum absolute atomic E-state index is 0.0907. The number of hydrogen-bond acceptors (Lipinski definition) is 3. The first-order valence-electron chi connectivity index (χ1n) is 6.94. The number of carbonyl (C=O) groups is 2. The van der Waals surface area contributed by atoms with Gasteiger partial charge in [-0.05, 0) is 38.5 Å². The maximum absolute atomic E-state index is 12.7. The fourth-order valence-corrected chi connectivity index (χ4v) is 2.63. The van der Waals surface area contributed by atoms with Crippen molar-refractivity contribution in [2.75, 3.05) is 6.54 Å². The Balaban J connectivity index is 2.05. The van der Waals surface area contributed by atoms with Crippen LogP contribution >= 0.6 is 0 Å². The van der Waals surface area contributed by atoms with Crippen LogP contribution in [0.4, 0.5) is 13.2 Å². The molecule has 21 heavy (non-hydrogen) atoms. The molecule has 1 unspecified atom stereocenters. The molecule has 120 valence electrons. The summed E-state index contributed by atoms with van der Waals surface area (Å²) < 4.78 is 43.1. The highest BCUT2D eigenvalue weighted by Gasteiger charge is 2.44. The summed E-state index contributed by atoms with van der Waals surface area (Å²) in [5.41, 5.74) is 0. The Morgan fingerprint density at radius 3 is 2.24 bits per heavy atom. The molecule has 8 heteroatoms. The molecule has 3 atom stereocenters. The molecule has 1 aliphatic carbocycles. The fraction of sp³-hybridized carbons (Fsp3) is 0.846. The summed E-state index contributed by atoms with van der Waals surface area (Å²) in [6.07, 6.45) is -4.77. The van der Waals surface area contributed by atoms with Crippen LogP contribution in [0.15, 0.2) is 0 Å². The van der Waals surface area contributed by atoms with E-state index in [-0.39, 0.29) is 18.8 Å². The average Bonchev–Trinajstić information content (AvgIpc) is 3.10. The predicted octanol–water partition coefficient (Wildman–Crippen LogP) is 1.81. The topological polar surface area (TPSA) is 66.8 Å². The maximum atomic E-state index is 12.7. The molecule has 1 N–H and O–H groups in total. The van der Waals surface area contributed by atoms with E-state index in [0.717, 1.165) is 17.7 Å². The highest BCUT2D eigenvalue weighted by atomic mass is 19.4. The number of hydrogen-bond donors (Lipinski definition) is 1. The molecular weight excluding hydrogens is 291 g/mol. The Kier molecular flexibility index (Phi) is 4.46. The monoisotopic (exact) mass is 309 g/mol. The first-order valence-corrected chi connectivity index (χ1v) is 6.94. The number of amides is 1. The van der Waals surface area contributed by atoms with Crippen LogP contribution in [0.5, 0.6) is 0 Å². The SMILES string of the molecule is CC(C1CC1)N(CC(F)(F)F)C(=O)[C@@H]1CC[C@H](C(=O)O)O1. The van der Waals surface area contributed by atoms with E-state index < -0.39 is 42.8 Å². The lowest BCUT2D eigenvalue weighted by atomic mass is 10.1. The summed E-state index contributed by atoms with van der Waals surface area (Å²) in [6.45, 7) is 0.284. The van der Waals surface area contributed by atoms with Crippen LogP contribution in [-0.2, 0) is 14.3 Å². The molecule has 0 radical (unpaired) electrons. The van der Waals surface area contributed by atoms with E-state index in [0.29, 0.717) is 0 Å². The van der Waals surface area contributed by atoms with Crippen molar-refractivity contribution in [3.05, 3.63) is 0 Å². The minimum atomic E-state index is -4.48.